The van der Waals surface area contributed by atoms with Crippen molar-refractivity contribution in [2.75, 3.05) is 6.61 Å². The van der Waals surface area contributed by atoms with Crippen molar-refractivity contribution in [1.82, 2.24) is 9.78 Å². The van der Waals surface area contributed by atoms with Crippen LogP contribution in [-0.4, -0.2) is 41.0 Å². The first-order valence-electron chi connectivity index (χ1n) is 4.58. The molecule has 88 valence electrons. The first-order chi connectivity index (χ1) is 7.44. The lowest BCUT2D eigenvalue weighted by Gasteiger charge is -2.03. The quantitative estimate of drug-likeness (QED) is 0.708. The van der Waals surface area contributed by atoms with Gasteiger partial charge in [-0.25, -0.2) is 13.2 Å². The molecule has 1 aliphatic rings. The first-order valence-corrected chi connectivity index (χ1v) is 6.40. The molecule has 0 saturated heterocycles. The van der Waals surface area contributed by atoms with Crippen LogP contribution >= 0.6 is 0 Å². The number of aromatic nitrogens is 2. The van der Waals surface area contributed by atoms with Crippen molar-refractivity contribution in [3.05, 3.63) is 17.0 Å². The zero-order valence-corrected chi connectivity index (χ0v) is 9.07. The Morgan fingerprint density at radius 3 is 2.69 bits per heavy atom. The molecule has 0 atom stereocenters. The van der Waals surface area contributed by atoms with Gasteiger partial charge < -0.3 is 10.2 Å². The summed E-state index contributed by atoms with van der Waals surface area (Å²) >= 11 is 0. The Morgan fingerprint density at radius 1 is 1.44 bits per heavy atom. The number of aromatic carboxylic acids is 1. The number of hydrogen-bond acceptors (Lipinski definition) is 5. The summed E-state index contributed by atoms with van der Waals surface area (Å²) in [6.07, 6.45) is 0. The lowest BCUT2D eigenvalue weighted by molar-refractivity contribution is 0.0681. The monoisotopic (exact) mass is 246 g/mol. The summed E-state index contributed by atoms with van der Waals surface area (Å²) < 4.78 is 23.7. The highest BCUT2D eigenvalue weighted by atomic mass is 32.2. The summed E-state index contributed by atoms with van der Waals surface area (Å²) in [5, 5.41) is 21.6. The highest BCUT2D eigenvalue weighted by Gasteiger charge is 2.34. The van der Waals surface area contributed by atoms with Crippen LogP contribution in [0.2, 0.25) is 0 Å². The molecule has 2 heterocycles. The normalized spacial score (nSPS) is 17.3. The van der Waals surface area contributed by atoms with E-state index in [1.54, 1.807) is 0 Å². The molecule has 0 amide bonds. The molecule has 0 spiro atoms. The second-order valence-corrected chi connectivity index (χ2v) is 5.62. The molecule has 0 unspecified atom stereocenters. The zero-order valence-electron chi connectivity index (χ0n) is 8.25. The van der Waals surface area contributed by atoms with E-state index in [1.165, 1.54) is 0 Å². The van der Waals surface area contributed by atoms with E-state index in [0.29, 0.717) is 0 Å². The Hall–Kier alpha value is -1.41. The molecule has 0 aromatic carbocycles. The molecule has 0 bridgehead atoms. The van der Waals surface area contributed by atoms with E-state index >= 15 is 0 Å². The number of hydrogen-bond donors (Lipinski definition) is 2. The molecule has 1 aromatic rings. The third-order valence-electron chi connectivity index (χ3n) is 2.37. The summed E-state index contributed by atoms with van der Waals surface area (Å²) in [5.74, 6) is -1.73. The maximum Gasteiger partial charge on any atom is 0.354 e. The van der Waals surface area contributed by atoms with Crippen molar-refractivity contribution in [3.63, 3.8) is 0 Å². The van der Waals surface area contributed by atoms with Gasteiger partial charge in [-0.15, -0.1) is 0 Å². The number of sulfone groups is 1. The Morgan fingerprint density at radius 2 is 2.12 bits per heavy atom. The van der Waals surface area contributed by atoms with Crippen LogP contribution in [0, 0.1) is 0 Å². The fourth-order valence-corrected chi connectivity index (χ4v) is 3.29. The van der Waals surface area contributed by atoms with Crippen molar-refractivity contribution >= 4 is 15.8 Å². The van der Waals surface area contributed by atoms with Gasteiger partial charge in [0.2, 0.25) is 0 Å². The van der Waals surface area contributed by atoms with Gasteiger partial charge in [-0.1, -0.05) is 0 Å². The third-order valence-corrected chi connectivity index (χ3v) is 3.81. The SMILES string of the molecule is O=C(O)c1c2c(nn1CCO)CS(=O)(=O)C2. The fourth-order valence-electron chi connectivity index (χ4n) is 1.79. The molecular formula is C8H10N2O5S. The number of aliphatic hydroxyl groups is 1. The number of fused-ring (bicyclic) bond motifs is 1. The predicted octanol–water partition coefficient (Wildman–Crippen LogP) is -0.998. The van der Waals surface area contributed by atoms with Crippen LogP contribution in [-0.2, 0) is 27.9 Å². The number of carboxylic acid groups (broad SMARTS) is 1. The van der Waals surface area contributed by atoms with Gasteiger partial charge in [-0.05, 0) is 0 Å². The fraction of sp³-hybridized carbons (Fsp3) is 0.500. The van der Waals surface area contributed by atoms with Crippen LogP contribution in [0.4, 0.5) is 0 Å². The van der Waals surface area contributed by atoms with E-state index < -0.39 is 15.8 Å². The largest absolute Gasteiger partial charge is 0.477 e. The van der Waals surface area contributed by atoms with Gasteiger partial charge in [0.25, 0.3) is 0 Å². The number of carboxylic acids is 1. The smallest absolute Gasteiger partial charge is 0.354 e. The lowest BCUT2D eigenvalue weighted by atomic mass is 10.2. The molecule has 0 radical (unpaired) electrons. The van der Waals surface area contributed by atoms with Crippen molar-refractivity contribution in [3.8, 4) is 0 Å². The molecule has 2 rings (SSSR count). The maximum absolute atomic E-state index is 11.3. The molecule has 0 aliphatic carbocycles. The number of nitrogens with zero attached hydrogens (tertiary/aromatic N) is 2. The Kier molecular flexibility index (Phi) is 2.47. The topological polar surface area (TPSA) is 109 Å². The summed E-state index contributed by atoms with van der Waals surface area (Å²) in [4.78, 5) is 11.0. The minimum atomic E-state index is -3.25. The third kappa shape index (κ3) is 1.69. The summed E-state index contributed by atoms with van der Waals surface area (Å²) in [5.41, 5.74) is 0.400. The Bertz CT molecular complexity index is 545. The second-order valence-electron chi connectivity index (χ2n) is 3.56. The molecule has 0 fully saturated rings. The maximum atomic E-state index is 11.3. The molecule has 7 nitrogen and oxygen atoms in total. The van der Waals surface area contributed by atoms with Crippen LogP contribution in [0.3, 0.4) is 0 Å². The molecular weight excluding hydrogens is 236 g/mol. The molecule has 16 heavy (non-hydrogen) atoms. The summed E-state index contributed by atoms with van der Waals surface area (Å²) in [6, 6.07) is 0. The highest BCUT2D eigenvalue weighted by Crippen LogP contribution is 2.27. The Labute approximate surface area is 91.2 Å². The first kappa shape index (κ1) is 11.1. The predicted molar refractivity (Wildman–Crippen MR) is 52.6 cm³/mol. The van der Waals surface area contributed by atoms with Gasteiger partial charge in [0.1, 0.15) is 0 Å². The average molecular weight is 246 g/mol. The van der Waals surface area contributed by atoms with Crippen LogP contribution in [0.25, 0.3) is 0 Å². The molecule has 8 heteroatoms. The average Bonchev–Trinajstić information content (AvgIpc) is 2.55. The van der Waals surface area contributed by atoms with Crippen LogP contribution < -0.4 is 0 Å². The minimum Gasteiger partial charge on any atom is -0.477 e. The van der Waals surface area contributed by atoms with Gasteiger partial charge in [-0.2, -0.15) is 5.10 Å². The van der Waals surface area contributed by atoms with Crippen molar-refractivity contribution in [2.24, 2.45) is 0 Å². The van der Waals surface area contributed by atoms with E-state index in [4.69, 9.17) is 10.2 Å². The summed E-state index contributed by atoms with van der Waals surface area (Å²) in [7, 11) is -3.25. The molecule has 0 saturated carbocycles. The lowest BCUT2D eigenvalue weighted by Crippen LogP contribution is -2.15. The molecule has 1 aliphatic heterocycles. The molecule has 1 aromatic heterocycles. The van der Waals surface area contributed by atoms with E-state index in [0.717, 1.165) is 4.68 Å². The van der Waals surface area contributed by atoms with Gasteiger partial charge in [0.15, 0.2) is 15.5 Å². The number of rotatable bonds is 3. The molecule has 2 N–H and O–H groups in total. The van der Waals surface area contributed by atoms with Gasteiger partial charge in [-0.3, -0.25) is 4.68 Å². The minimum absolute atomic E-state index is 0.0503. The van der Waals surface area contributed by atoms with Crippen molar-refractivity contribution < 1.29 is 23.4 Å². The van der Waals surface area contributed by atoms with Crippen molar-refractivity contribution in [1.29, 1.82) is 0 Å². The van der Waals surface area contributed by atoms with Gasteiger partial charge in [0.05, 0.1) is 30.4 Å². The number of carbonyl (C=O) groups is 1. The van der Waals surface area contributed by atoms with Gasteiger partial charge >= 0.3 is 5.97 Å². The van der Waals surface area contributed by atoms with Crippen LogP contribution in [0.15, 0.2) is 0 Å². The Balaban J connectivity index is 2.53. The van der Waals surface area contributed by atoms with E-state index in [1.807, 2.05) is 0 Å². The highest BCUT2D eigenvalue weighted by molar-refractivity contribution is 7.90. The summed E-state index contributed by atoms with van der Waals surface area (Å²) in [6.45, 7) is -0.192. The van der Waals surface area contributed by atoms with E-state index in [9.17, 15) is 13.2 Å². The number of aliphatic hydroxyl groups excluding tert-OH is 1. The zero-order chi connectivity index (χ0) is 11.9. The van der Waals surface area contributed by atoms with Gasteiger partial charge in [0, 0.05) is 5.56 Å². The standard InChI is InChI=1S/C8H10N2O5S/c11-2-1-10-7(8(12)13)5-3-16(14,15)4-6(5)9-10/h11H,1-4H2,(H,12,13). The van der Waals surface area contributed by atoms with Crippen LogP contribution in [0.1, 0.15) is 21.7 Å². The second kappa shape index (κ2) is 3.56. The van der Waals surface area contributed by atoms with E-state index in [2.05, 4.69) is 5.10 Å². The van der Waals surface area contributed by atoms with Crippen LogP contribution in [0.5, 0.6) is 0 Å². The van der Waals surface area contributed by atoms with Crippen molar-refractivity contribution in [2.45, 2.75) is 18.1 Å². The van der Waals surface area contributed by atoms with E-state index in [-0.39, 0.29) is 41.6 Å².